The van der Waals surface area contributed by atoms with Crippen LogP contribution >= 0.6 is 0 Å². The fourth-order valence-corrected chi connectivity index (χ4v) is 2.25. The van der Waals surface area contributed by atoms with Crippen LogP contribution in [-0.4, -0.2) is 26.8 Å². The van der Waals surface area contributed by atoms with E-state index >= 15 is 0 Å². The van der Waals surface area contributed by atoms with E-state index in [2.05, 4.69) is 10.2 Å². The highest BCUT2D eigenvalue weighted by Crippen LogP contribution is 2.26. The summed E-state index contributed by atoms with van der Waals surface area (Å²) in [6.45, 7) is 0.619. The third kappa shape index (κ3) is 1.97. The van der Waals surface area contributed by atoms with Crippen LogP contribution in [0.4, 0.5) is 5.95 Å². The van der Waals surface area contributed by atoms with Crippen molar-refractivity contribution >= 4 is 12.1 Å². The van der Waals surface area contributed by atoms with Gasteiger partial charge in [-0.2, -0.15) is 0 Å². The Morgan fingerprint density at radius 1 is 1.25 bits per heavy atom. The van der Waals surface area contributed by atoms with Gasteiger partial charge in [-0.15, -0.1) is 10.2 Å². The predicted molar refractivity (Wildman–Crippen MR) is 75.2 cm³/mol. The topological polar surface area (TPSA) is 95.2 Å². The number of anilines is 1. The lowest BCUT2D eigenvalue weighted by Gasteiger charge is -2.30. The number of hydrogen-bond donors (Lipinski definition) is 2. The molecule has 0 bridgehead atoms. The number of fused-ring (bicyclic) bond motifs is 1. The molecule has 0 amide bonds. The number of nitrogens with two attached hydrogens (primary N) is 2. The number of nitrogens with zero attached hydrogens (tertiary/aromatic N) is 4. The van der Waals surface area contributed by atoms with Crippen molar-refractivity contribution in [1.29, 1.82) is 0 Å². The third-order valence-electron chi connectivity index (χ3n) is 3.32. The minimum atomic E-state index is -0.394. The minimum absolute atomic E-state index is 0.337. The number of rotatable bonds is 3. The molecule has 20 heavy (non-hydrogen) atoms. The molecule has 1 atom stereocenters. The Labute approximate surface area is 116 Å². The maximum Gasteiger partial charge on any atom is 0.226 e. The fourth-order valence-electron chi connectivity index (χ4n) is 2.25. The summed E-state index contributed by atoms with van der Waals surface area (Å²) in [6, 6.07) is 7.84. The van der Waals surface area contributed by atoms with E-state index < -0.39 is 6.17 Å². The van der Waals surface area contributed by atoms with Crippen LogP contribution < -0.4 is 16.2 Å². The predicted octanol–water partition coefficient (Wildman–Crippen LogP) is 0.770. The van der Waals surface area contributed by atoms with Crippen molar-refractivity contribution in [3.8, 4) is 5.75 Å². The molecule has 7 heteroatoms. The minimum Gasteiger partial charge on any atom is -0.496 e. The largest absolute Gasteiger partial charge is 0.496 e. The van der Waals surface area contributed by atoms with Gasteiger partial charge in [-0.05, 0) is 6.07 Å². The summed E-state index contributed by atoms with van der Waals surface area (Å²) in [5.74, 6) is 1.79. The standard InChI is InChI=1S/C13H16N6O/c1-20-10-5-3-2-4-9(10)8-18-6-7-19-12(11(18)14)16-17-13(19)15/h2-7,11H,8,14H2,1H3,(H2,15,17). The van der Waals surface area contributed by atoms with Gasteiger partial charge in [-0.3, -0.25) is 4.57 Å². The molecule has 0 radical (unpaired) electrons. The van der Waals surface area contributed by atoms with Crippen molar-refractivity contribution < 1.29 is 4.74 Å². The highest BCUT2D eigenvalue weighted by molar-refractivity contribution is 5.40. The molecule has 0 spiro atoms. The number of ether oxygens (including phenoxy) is 1. The van der Waals surface area contributed by atoms with Crippen LogP contribution in [-0.2, 0) is 6.54 Å². The van der Waals surface area contributed by atoms with Gasteiger partial charge < -0.3 is 21.1 Å². The van der Waals surface area contributed by atoms with Crippen molar-refractivity contribution in [2.24, 2.45) is 5.73 Å². The van der Waals surface area contributed by atoms with E-state index in [0.29, 0.717) is 18.3 Å². The van der Waals surface area contributed by atoms with E-state index in [1.54, 1.807) is 11.7 Å². The molecule has 3 rings (SSSR count). The van der Waals surface area contributed by atoms with Crippen LogP contribution in [0.2, 0.25) is 0 Å². The molecule has 2 aromatic rings. The zero-order valence-electron chi connectivity index (χ0n) is 11.1. The average Bonchev–Trinajstić information content (AvgIpc) is 2.85. The van der Waals surface area contributed by atoms with Crippen LogP contribution in [0, 0.1) is 0 Å². The average molecular weight is 272 g/mol. The SMILES string of the molecule is COc1ccccc1CN1C=Cn2c(N)nnc2C1N. The molecule has 0 saturated carbocycles. The van der Waals surface area contributed by atoms with Crippen LogP contribution in [0.25, 0.3) is 6.20 Å². The molecular weight excluding hydrogens is 256 g/mol. The second kappa shape index (κ2) is 4.86. The smallest absolute Gasteiger partial charge is 0.226 e. The number of methoxy groups -OCH3 is 1. The summed E-state index contributed by atoms with van der Waals surface area (Å²) in [7, 11) is 1.65. The zero-order chi connectivity index (χ0) is 14.1. The van der Waals surface area contributed by atoms with Gasteiger partial charge in [0.05, 0.1) is 7.11 Å². The molecule has 1 aromatic carbocycles. The number of para-hydroxylation sites is 1. The Hall–Kier alpha value is -2.54. The summed E-state index contributed by atoms with van der Waals surface area (Å²) in [4.78, 5) is 1.96. The van der Waals surface area contributed by atoms with Gasteiger partial charge >= 0.3 is 0 Å². The molecular formula is C13H16N6O. The van der Waals surface area contributed by atoms with Crippen LogP contribution in [0.5, 0.6) is 5.75 Å². The summed E-state index contributed by atoms with van der Waals surface area (Å²) in [6.07, 6.45) is 3.29. The van der Waals surface area contributed by atoms with E-state index in [0.717, 1.165) is 11.3 Å². The van der Waals surface area contributed by atoms with E-state index in [-0.39, 0.29) is 0 Å². The van der Waals surface area contributed by atoms with E-state index in [4.69, 9.17) is 16.2 Å². The molecule has 1 aromatic heterocycles. The van der Waals surface area contributed by atoms with Gasteiger partial charge in [0.25, 0.3) is 0 Å². The molecule has 1 aliphatic heterocycles. The molecule has 0 fully saturated rings. The number of aromatic nitrogens is 3. The zero-order valence-corrected chi connectivity index (χ0v) is 11.1. The van der Waals surface area contributed by atoms with Gasteiger partial charge in [0.2, 0.25) is 5.95 Å². The molecule has 0 saturated heterocycles. The van der Waals surface area contributed by atoms with Crippen molar-refractivity contribution in [3.63, 3.8) is 0 Å². The molecule has 7 nitrogen and oxygen atoms in total. The molecule has 4 N–H and O–H groups in total. The normalized spacial score (nSPS) is 17.1. The first-order chi connectivity index (χ1) is 9.70. The maximum absolute atomic E-state index is 6.20. The Morgan fingerprint density at radius 3 is 2.85 bits per heavy atom. The maximum atomic E-state index is 6.20. The first-order valence-electron chi connectivity index (χ1n) is 6.22. The molecule has 104 valence electrons. The number of hydrogen-bond acceptors (Lipinski definition) is 6. The van der Waals surface area contributed by atoms with Gasteiger partial charge in [0, 0.05) is 24.5 Å². The molecule has 1 unspecified atom stereocenters. The van der Waals surface area contributed by atoms with Crippen LogP contribution in [0.15, 0.2) is 30.5 Å². The van der Waals surface area contributed by atoms with Crippen molar-refractivity contribution in [2.75, 3.05) is 12.8 Å². The van der Waals surface area contributed by atoms with E-state index in [1.807, 2.05) is 41.6 Å². The Balaban J connectivity index is 1.87. The lowest BCUT2D eigenvalue weighted by molar-refractivity contribution is 0.255. The van der Waals surface area contributed by atoms with Gasteiger partial charge in [-0.1, -0.05) is 18.2 Å². The Morgan fingerprint density at radius 2 is 2.05 bits per heavy atom. The van der Waals surface area contributed by atoms with Gasteiger partial charge in [0.15, 0.2) is 5.82 Å². The fraction of sp³-hybridized carbons (Fsp3) is 0.231. The summed E-state index contributed by atoms with van der Waals surface area (Å²) < 4.78 is 7.03. The van der Waals surface area contributed by atoms with Gasteiger partial charge in [-0.25, -0.2) is 0 Å². The molecule has 0 aliphatic carbocycles. The van der Waals surface area contributed by atoms with Crippen LogP contribution in [0.3, 0.4) is 0 Å². The number of benzene rings is 1. The lowest BCUT2D eigenvalue weighted by Crippen LogP contribution is -2.34. The third-order valence-corrected chi connectivity index (χ3v) is 3.32. The first kappa shape index (κ1) is 12.5. The van der Waals surface area contributed by atoms with Crippen molar-refractivity contribution in [1.82, 2.24) is 19.7 Å². The lowest BCUT2D eigenvalue weighted by atomic mass is 10.1. The van der Waals surface area contributed by atoms with Gasteiger partial charge in [0.1, 0.15) is 11.9 Å². The molecule has 1 aliphatic rings. The Kier molecular flexibility index (Phi) is 3.03. The van der Waals surface area contributed by atoms with E-state index in [1.165, 1.54) is 0 Å². The first-order valence-corrected chi connectivity index (χ1v) is 6.22. The quantitative estimate of drug-likeness (QED) is 0.857. The second-order valence-electron chi connectivity index (χ2n) is 4.51. The summed E-state index contributed by atoms with van der Waals surface area (Å²) in [5, 5.41) is 7.84. The van der Waals surface area contributed by atoms with Crippen LogP contribution in [0.1, 0.15) is 17.6 Å². The summed E-state index contributed by atoms with van der Waals surface area (Å²) >= 11 is 0. The summed E-state index contributed by atoms with van der Waals surface area (Å²) in [5.41, 5.74) is 13.0. The highest BCUT2D eigenvalue weighted by Gasteiger charge is 2.24. The second-order valence-corrected chi connectivity index (χ2v) is 4.51. The number of nitrogen functional groups attached to an aromatic ring is 1. The molecule has 2 heterocycles. The van der Waals surface area contributed by atoms with Crippen molar-refractivity contribution in [3.05, 3.63) is 41.9 Å². The van der Waals surface area contributed by atoms with E-state index in [9.17, 15) is 0 Å². The highest BCUT2D eigenvalue weighted by atomic mass is 16.5. The van der Waals surface area contributed by atoms with Crippen molar-refractivity contribution in [2.45, 2.75) is 12.7 Å². The Bertz CT molecular complexity index is 650. The monoisotopic (exact) mass is 272 g/mol.